The molecule has 7 nitrogen and oxygen atoms in total. The number of rotatable bonds is 5. The van der Waals surface area contributed by atoms with E-state index in [1.165, 1.54) is 24.3 Å². The molecule has 1 aromatic heterocycles. The van der Waals surface area contributed by atoms with Gasteiger partial charge in [-0.15, -0.1) is 0 Å². The minimum Gasteiger partial charge on any atom is -0.487 e. The monoisotopic (exact) mass is 504 g/mol. The van der Waals surface area contributed by atoms with Crippen LogP contribution in [0.5, 0.6) is 5.75 Å². The summed E-state index contributed by atoms with van der Waals surface area (Å²) in [7, 11) is -3.47. The highest BCUT2D eigenvalue weighted by atomic mass is 32.2. The molecule has 0 saturated carbocycles. The number of benzene rings is 1. The van der Waals surface area contributed by atoms with Gasteiger partial charge in [0.05, 0.1) is 28.0 Å². The summed E-state index contributed by atoms with van der Waals surface area (Å²) in [6, 6.07) is 7.48. The summed E-state index contributed by atoms with van der Waals surface area (Å²) < 4.78 is 51.5. The van der Waals surface area contributed by atoms with Gasteiger partial charge in [-0.3, -0.25) is 4.79 Å². The first kappa shape index (κ1) is 25.6. The van der Waals surface area contributed by atoms with Gasteiger partial charge in [-0.05, 0) is 65.0 Å². The summed E-state index contributed by atoms with van der Waals surface area (Å²) in [4.78, 5) is 19.4. The van der Waals surface area contributed by atoms with Crippen LogP contribution in [0.15, 0.2) is 35.2 Å². The van der Waals surface area contributed by atoms with Crippen molar-refractivity contribution >= 4 is 15.7 Å². The third-order valence-electron chi connectivity index (χ3n) is 6.78. The highest BCUT2D eigenvalue weighted by Gasteiger charge is 2.45. The van der Waals surface area contributed by atoms with Gasteiger partial charge in [0.15, 0.2) is 9.84 Å². The molecule has 1 unspecified atom stereocenters. The summed E-state index contributed by atoms with van der Waals surface area (Å²) in [6.45, 7) is 9.70. The number of carbonyl (C=O) groups excluding carboxylic acids is 1. The number of halogens is 1. The molecule has 4 rings (SSSR count). The van der Waals surface area contributed by atoms with E-state index in [-0.39, 0.29) is 34.5 Å². The first-order chi connectivity index (χ1) is 16.4. The maximum absolute atomic E-state index is 13.9. The zero-order chi connectivity index (χ0) is 25.5. The molecule has 1 amide bonds. The Kier molecular flexibility index (Phi) is 6.94. The first-order valence-electron chi connectivity index (χ1n) is 12.1. The van der Waals surface area contributed by atoms with E-state index in [1.807, 2.05) is 13.8 Å². The average Bonchev–Trinajstić information content (AvgIpc) is 2.79. The van der Waals surface area contributed by atoms with E-state index in [0.717, 1.165) is 5.56 Å². The Labute approximate surface area is 206 Å². The summed E-state index contributed by atoms with van der Waals surface area (Å²) in [5, 5.41) is -0.566. The molecule has 0 N–H and O–H groups in total. The van der Waals surface area contributed by atoms with E-state index < -0.39 is 20.7 Å². The number of hydrogen-bond donors (Lipinski definition) is 0. The van der Waals surface area contributed by atoms with Crippen molar-refractivity contribution in [3.05, 3.63) is 53.1 Å². The molecule has 3 heterocycles. The van der Waals surface area contributed by atoms with Crippen molar-refractivity contribution in [2.24, 2.45) is 0 Å². The Morgan fingerprint density at radius 3 is 2.46 bits per heavy atom. The maximum atomic E-state index is 13.9. The third kappa shape index (κ3) is 5.07. The highest BCUT2D eigenvalue weighted by molar-refractivity contribution is 7.92. The number of hydrogen-bond acceptors (Lipinski definition) is 6. The van der Waals surface area contributed by atoms with Crippen LogP contribution in [0.25, 0.3) is 0 Å². The first-order valence-corrected chi connectivity index (χ1v) is 13.6. The summed E-state index contributed by atoms with van der Waals surface area (Å²) >= 11 is 0. The van der Waals surface area contributed by atoms with Gasteiger partial charge in [-0.2, -0.15) is 0 Å². The number of aromatic nitrogens is 1. The fraction of sp³-hybridized carbons (Fsp3) is 0.538. The van der Waals surface area contributed by atoms with Crippen LogP contribution in [-0.2, 0) is 14.6 Å². The Hall–Kier alpha value is -2.52. The third-order valence-corrected chi connectivity index (χ3v) is 9.07. The molecule has 1 aromatic carbocycles. The second kappa shape index (κ2) is 9.50. The smallest absolute Gasteiger partial charge is 0.272 e. The molecule has 2 aliphatic heterocycles. The van der Waals surface area contributed by atoms with Gasteiger partial charge in [-0.25, -0.2) is 17.8 Å². The minimum atomic E-state index is -3.47. The Morgan fingerprint density at radius 1 is 1.17 bits per heavy atom. The zero-order valence-electron chi connectivity index (χ0n) is 20.9. The largest absolute Gasteiger partial charge is 0.487 e. The lowest BCUT2D eigenvalue weighted by Gasteiger charge is -2.47. The van der Waals surface area contributed by atoms with Gasteiger partial charge < -0.3 is 14.4 Å². The molecular weight excluding hydrogens is 471 g/mol. The molecule has 1 saturated heterocycles. The second-order valence-corrected chi connectivity index (χ2v) is 12.5. The lowest BCUT2D eigenvalue weighted by Crippen LogP contribution is -2.52. The molecule has 0 aliphatic carbocycles. The van der Waals surface area contributed by atoms with E-state index in [2.05, 4.69) is 4.98 Å². The SMILES string of the molecule is Cc1nc(C(=O)N2CCC3(CC2)CC(OC(C)C)c2cc(F)ccc2O3)ccc1S(=O)(=O)C(C)C. The number of nitrogens with zero attached hydrogens (tertiary/aromatic N) is 2. The van der Waals surface area contributed by atoms with Crippen molar-refractivity contribution < 1.29 is 27.1 Å². The van der Waals surface area contributed by atoms with Gasteiger partial charge in [0.2, 0.25) is 0 Å². The number of carbonyl (C=O) groups is 1. The zero-order valence-corrected chi connectivity index (χ0v) is 21.7. The lowest BCUT2D eigenvalue weighted by atomic mass is 9.81. The molecule has 9 heteroatoms. The standard InChI is InChI=1S/C26H33FN2O5S/c1-16(2)33-23-15-26(34-22-8-6-19(27)14-20(22)23)10-12-29(13-11-26)25(30)21-7-9-24(18(5)28-21)35(31,32)17(3)4/h6-9,14,16-17,23H,10-13,15H2,1-5H3. The van der Waals surface area contributed by atoms with Gasteiger partial charge in [-0.1, -0.05) is 0 Å². The highest BCUT2D eigenvalue weighted by Crippen LogP contribution is 2.46. The summed E-state index contributed by atoms with van der Waals surface area (Å²) in [6.07, 6.45) is 1.49. The number of aryl methyl sites for hydroxylation is 1. The maximum Gasteiger partial charge on any atom is 0.272 e. The Balaban J connectivity index is 1.50. The second-order valence-electron chi connectivity index (χ2n) is 10.0. The van der Waals surface area contributed by atoms with Crippen molar-refractivity contribution in [3.8, 4) is 5.75 Å². The van der Waals surface area contributed by atoms with Crippen LogP contribution in [0, 0.1) is 12.7 Å². The van der Waals surface area contributed by atoms with Crippen LogP contribution in [0.4, 0.5) is 4.39 Å². The van der Waals surface area contributed by atoms with Crippen LogP contribution in [0.3, 0.4) is 0 Å². The van der Waals surface area contributed by atoms with Crippen molar-refractivity contribution in [1.82, 2.24) is 9.88 Å². The van der Waals surface area contributed by atoms with Gasteiger partial charge in [0, 0.05) is 37.9 Å². The predicted molar refractivity (Wildman–Crippen MR) is 130 cm³/mol. The minimum absolute atomic E-state index is 0.0234. The van der Waals surface area contributed by atoms with E-state index in [9.17, 15) is 17.6 Å². The fourth-order valence-electron chi connectivity index (χ4n) is 4.84. The van der Waals surface area contributed by atoms with Crippen molar-refractivity contribution in [3.63, 3.8) is 0 Å². The lowest BCUT2D eigenvalue weighted by molar-refractivity contribution is -0.0874. The molecule has 190 valence electrons. The van der Waals surface area contributed by atoms with Gasteiger partial charge in [0.1, 0.15) is 22.9 Å². The molecule has 0 bridgehead atoms. The van der Waals surface area contributed by atoms with Gasteiger partial charge in [0.25, 0.3) is 5.91 Å². The number of sulfone groups is 1. The molecular formula is C26H33FN2O5S. The van der Waals surface area contributed by atoms with E-state index >= 15 is 0 Å². The normalized spacial score (nSPS) is 19.7. The fourth-order valence-corrected chi connectivity index (χ4v) is 6.07. The number of amides is 1. The van der Waals surface area contributed by atoms with E-state index in [0.29, 0.717) is 43.8 Å². The average molecular weight is 505 g/mol. The van der Waals surface area contributed by atoms with Gasteiger partial charge >= 0.3 is 0 Å². The molecule has 0 radical (unpaired) electrons. The van der Waals surface area contributed by atoms with Crippen LogP contribution < -0.4 is 4.74 Å². The number of pyridine rings is 1. The molecule has 1 atom stereocenters. The quantitative estimate of drug-likeness (QED) is 0.590. The number of likely N-dealkylation sites (tertiary alicyclic amines) is 1. The topological polar surface area (TPSA) is 85.8 Å². The van der Waals surface area contributed by atoms with Crippen molar-refractivity contribution in [1.29, 1.82) is 0 Å². The molecule has 2 aromatic rings. The Bertz CT molecular complexity index is 1220. The van der Waals surface area contributed by atoms with Crippen LogP contribution in [0.2, 0.25) is 0 Å². The predicted octanol–water partition coefficient (Wildman–Crippen LogP) is 4.63. The molecule has 2 aliphatic rings. The number of ether oxygens (including phenoxy) is 2. The number of piperidine rings is 1. The van der Waals surface area contributed by atoms with E-state index in [4.69, 9.17) is 9.47 Å². The molecule has 35 heavy (non-hydrogen) atoms. The van der Waals surface area contributed by atoms with Crippen molar-refractivity contribution in [2.75, 3.05) is 13.1 Å². The van der Waals surface area contributed by atoms with Crippen LogP contribution >= 0.6 is 0 Å². The molecule has 1 spiro atoms. The van der Waals surface area contributed by atoms with Crippen molar-refractivity contribution in [2.45, 2.75) is 81.8 Å². The number of fused-ring (bicyclic) bond motifs is 1. The Morgan fingerprint density at radius 2 is 1.86 bits per heavy atom. The van der Waals surface area contributed by atoms with E-state index in [1.54, 1.807) is 31.7 Å². The summed E-state index contributed by atoms with van der Waals surface area (Å²) in [5.74, 6) is 0.0723. The van der Waals surface area contributed by atoms with Crippen LogP contribution in [-0.4, -0.2) is 54.3 Å². The summed E-state index contributed by atoms with van der Waals surface area (Å²) in [5.41, 5.74) is 0.775. The van der Waals surface area contributed by atoms with Crippen LogP contribution in [0.1, 0.15) is 74.8 Å². The molecule has 1 fully saturated rings.